The first-order valence-electron chi connectivity index (χ1n) is 8.92. The summed E-state index contributed by atoms with van der Waals surface area (Å²) in [6, 6.07) is 20.4. The average molecular weight is 361 g/mol. The first-order valence-corrected chi connectivity index (χ1v) is 8.92. The van der Waals surface area contributed by atoms with Crippen LogP contribution < -0.4 is 17.1 Å². The number of aliphatic hydroxyl groups is 1. The Balaban J connectivity index is 0.00000225. The fraction of sp³-hybridized carbons (Fsp3) is 0.429. The molecule has 0 saturated carbocycles. The van der Waals surface area contributed by atoms with Crippen LogP contribution in [0.15, 0.2) is 60.7 Å². The van der Waals surface area contributed by atoms with Gasteiger partial charge in [0.1, 0.15) is 18.5 Å². The number of piperidine rings is 1. The minimum atomic E-state index is -0.434. The van der Waals surface area contributed by atoms with Gasteiger partial charge in [-0.25, -0.2) is 0 Å². The van der Waals surface area contributed by atoms with E-state index in [0.717, 1.165) is 24.8 Å². The maximum Gasteiger partial charge on any atom is 0.119 e. The molecule has 1 heterocycles. The van der Waals surface area contributed by atoms with E-state index in [1.807, 2.05) is 30.3 Å². The second-order valence-corrected chi connectivity index (χ2v) is 6.71. The van der Waals surface area contributed by atoms with Crippen LogP contribution in [0.4, 0.5) is 0 Å². The number of benzene rings is 2. The highest BCUT2D eigenvalue weighted by molar-refractivity contribution is 5.20. The molecule has 1 fully saturated rings. The van der Waals surface area contributed by atoms with Crippen molar-refractivity contribution in [3.63, 3.8) is 0 Å². The van der Waals surface area contributed by atoms with Crippen LogP contribution in [-0.2, 0) is 6.42 Å². The van der Waals surface area contributed by atoms with Crippen LogP contribution in [0.3, 0.4) is 0 Å². The van der Waals surface area contributed by atoms with Gasteiger partial charge >= 0.3 is 0 Å². The van der Waals surface area contributed by atoms with E-state index in [2.05, 4.69) is 35.2 Å². The van der Waals surface area contributed by atoms with E-state index in [1.54, 1.807) is 0 Å². The Morgan fingerprint density at radius 2 is 1.56 bits per heavy atom. The predicted octanol–water partition coefficient (Wildman–Crippen LogP) is 0.385. The summed E-state index contributed by atoms with van der Waals surface area (Å²) in [6.45, 7) is 3.19. The van der Waals surface area contributed by atoms with Crippen LogP contribution >= 0.6 is 0 Å². The molecule has 0 bridgehead atoms. The number of β-amino-alcohol motifs (C(OH)–C–C–N with tert-alkyl or cyclic N) is 1. The largest absolute Gasteiger partial charge is 1.00 e. The molecule has 1 unspecified atom stereocenters. The fourth-order valence-corrected chi connectivity index (χ4v) is 3.38. The number of rotatable bonds is 7. The lowest BCUT2D eigenvalue weighted by atomic mass is 9.90. The average Bonchev–Trinajstić information content (AvgIpc) is 2.63. The highest BCUT2D eigenvalue weighted by atomic mass is 35.5. The molecule has 1 aliphatic heterocycles. The van der Waals surface area contributed by atoms with E-state index in [4.69, 9.17) is 4.74 Å². The second-order valence-electron chi connectivity index (χ2n) is 6.71. The predicted molar refractivity (Wildman–Crippen MR) is 97.3 cm³/mol. The lowest BCUT2D eigenvalue weighted by Crippen LogP contribution is -3.00. The molecule has 1 N–H and O–H groups in total. The number of hydrogen-bond acceptors (Lipinski definition) is 3. The summed E-state index contributed by atoms with van der Waals surface area (Å²) in [5.74, 6) is 1.58. The number of ether oxygens (including phenoxy) is 1. The molecule has 3 nitrogen and oxygen atoms in total. The third kappa shape index (κ3) is 6.69. The van der Waals surface area contributed by atoms with Crippen molar-refractivity contribution in [2.24, 2.45) is 5.92 Å². The summed E-state index contributed by atoms with van der Waals surface area (Å²) < 4.78 is 5.63. The molecule has 0 amide bonds. The van der Waals surface area contributed by atoms with Crippen molar-refractivity contribution in [2.75, 3.05) is 26.2 Å². The van der Waals surface area contributed by atoms with E-state index in [-0.39, 0.29) is 12.4 Å². The summed E-state index contributed by atoms with van der Waals surface area (Å²) >= 11 is 0. The van der Waals surface area contributed by atoms with Gasteiger partial charge < -0.3 is 27.2 Å². The molecule has 1 saturated heterocycles. The molecule has 1 aliphatic rings. The minimum absolute atomic E-state index is 0. The Morgan fingerprint density at radius 3 is 2.20 bits per heavy atom. The molecule has 0 spiro atoms. The number of aliphatic hydroxyl groups excluding tert-OH is 1. The second kappa shape index (κ2) is 10.4. The van der Waals surface area contributed by atoms with E-state index in [1.165, 1.54) is 24.8 Å². The molecule has 0 aliphatic carbocycles. The number of para-hydroxylation sites is 1. The van der Waals surface area contributed by atoms with Crippen molar-refractivity contribution < 1.29 is 22.3 Å². The summed E-state index contributed by atoms with van der Waals surface area (Å²) in [7, 11) is 0. The molecular formula is C21H27ClNO2-. The third-order valence-electron chi connectivity index (χ3n) is 4.73. The van der Waals surface area contributed by atoms with Crippen molar-refractivity contribution in [1.82, 2.24) is 4.90 Å². The Labute approximate surface area is 157 Å². The summed E-state index contributed by atoms with van der Waals surface area (Å²) in [6.07, 6.45) is 3.16. The molecule has 2 aromatic carbocycles. The smallest absolute Gasteiger partial charge is 0.119 e. The van der Waals surface area contributed by atoms with Gasteiger partial charge in [-0.15, -0.1) is 0 Å². The van der Waals surface area contributed by atoms with Gasteiger partial charge in [0.25, 0.3) is 0 Å². The first kappa shape index (κ1) is 19.8. The third-order valence-corrected chi connectivity index (χ3v) is 4.73. The molecule has 2 aromatic rings. The van der Waals surface area contributed by atoms with Gasteiger partial charge in [-0.2, -0.15) is 0 Å². The van der Waals surface area contributed by atoms with Crippen molar-refractivity contribution in [3.05, 3.63) is 66.2 Å². The standard InChI is InChI=1S/C21H27NO2.ClH/c23-20(17-24-21-9-5-2-6-10-21)16-22-13-11-19(12-14-22)15-18-7-3-1-4-8-18;/h1-10,19-20,23H,11-17H2;1H/p-1. The first-order chi connectivity index (χ1) is 11.8. The van der Waals surface area contributed by atoms with Gasteiger partial charge in [0.2, 0.25) is 0 Å². The van der Waals surface area contributed by atoms with Crippen molar-refractivity contribution in [2.45, 2.75) is 25.4 Å². The van der Waals surface area contributed by atoms with E-state index >= 15 is 0 Å². The summed E-state index contributed by atoms with van der Waals surface area (Å²) in [5, 5.41) is 10.2. The van der Waals surface area contributed by atoms with Crippen LogP contribution in [0, 0.1) is 5.92 Å². The van der Waals surface area contributed by atoms with Gasteiger partial charge in [-0.3, -0.25) is 0 Å². The molecular weight excluding hydrogens is 334 g/mol. The molecule has 1 atom stereocenters. The lowest BCUT2D eigenvalue weighted by molar-refractivity contribution is -0.00000713. The highest BCUT2D eigenvalue weighted by Gasteiger charge is 2.21. The number of nitrogens with zero attached hydrogens (tertiary/aromatic N) is 1. The van der Waals surface area contributed by atoms with Crippen LogP contribution in [0.5, 0.6) is 5.75 Å². The van der Waals surface area contributed by atoms with Gasteiger partial charge in [0, 0.05) is 6.54 Å². The van der Waals surface area contributed by atoms with Gasteiger partial charge in [0.05, 0.1) is 0 Å². The van der Waals surface area contributed by atoms with Gasteiger partial charge in [-0.1, -0.05) is 48.5 Å². The Morgan fingerprint density at radius 1 is 0.960 bits per heavy atom. The Bertz CT molecular complexity index is 585. The topological polar surface area (TPSA) is 32.7 Å². The zero-order valence-corrected chi connectivity index (χ0v) is 15.3. The molecule has 25 heavy (non-hydrogen) atoms. The van der Waals surface area contributed by atoms with Crippen LogP contribution in [0.1, 0.15) is 18.4 Å². The summed E-state index contributed by atoms with van der Waals surface area (Å²) in [4.78, 5) is 2.36. The summed E-state index contributed by atoms with van der Waals surface area (Å²) in [5.41, 5.74) is 1.44. The Kier molecular flexibility index (Phi) is 8.26. The maximum absolute atomic E-state index is 10.2. The normalized spacial score (nSPS) is 16.8. The molecule has 136 valence electrons. The van der Waals surface area contributed by atoms with Crippen molar-refractivity contribution >= 4 is 0 Å². The van der Waals surface area contributed by atoms with E-state index < -0.39 is 6.10 Å². The minimum Gasteiger partial charge on any atom is -1.00 e. The molecule has 3 rings (SSSR count). The number of likely N-dealkylation sites (tertiary alicyclic amines) is 1. The monoisotopic (exact) mass is 360 g/mol. The zero-order valence-electron chi connectivity index (χ0n) is 14.6. The molecule has 4 heteroatoms. The van der Waals surface area contributed by atoms with E-state index in [9.17, 15) is 5.11 Å². The van der Waals surface area contributed by atoms with Crippen LogP contribution in [-0.4, -0.2) is 42.4 Å². The van der Waals surface area contributed by atoms with Crippen LogP contribution in [0.25, 0.3) is 0 Å². The number of hydrogen-bond donors (Lipinski definition) is 1. The SMILES string of the molecule is OC(COc1ccccc1)CN1CCC(Cc2ccccc2)CC1.[Cl-]. The van der Waals surface area contributed by atoms with Gasteiger partial charge in [-0.05, 0) is 56.0 Å². The Hall–Kier alpha value is -1.55. The lowest BCUT2D eigenvalue weighted by Gasteiger charge is -2.33. The van der Waals surface area contributed by atoms with Crippen molar-refractivity contribution in [1.29, 1.82) is 0 Å². The number of halogens is 1. The fourth-order valence-electron chi connectivity index (χ4n) is 3.38. The molecule has 0 aromatic heterocycles. The van der Waals surface area contributed by atoms with E-state index in [0.29, 0.717) is 13.2 Å². The highest BCUT2D eigenvalue weighted by Crippen LogP contribution is 2.21. The van der Waals surface area contributed by atoms with Crippen molar-refractivity contribution in [3.8, 4) is 5.75 Å². The maximum atomic E-state index is 10.2. The molecule has 0 radical (unpaired) electrons. The van der Waals surface area contributed by atoms with Gasteiger partial charge in [0.15, 0.2) is 0 Å². The quantitative estimate of drug-likeness (QED) is 0.775. The van der Waals surface area contributed by atoms with Crippen LogP contribution in [0.2, 0.25) is 0 Å². The zero-order chi connectivity index (χ0) is 16.6.